The van der Waals surface area contributed by atoms with Gasteiger partial charge in [-0.1, -0.05) is 6.07 Å². The van der Waals surface area contributed by atoms with E-state index in [0.717, 1.165) is 17.8 Å². The SMILES string of the molecule is CN(C)CC[C@@H](O)c1cccs1. The summed E-state index contributed by atoms with van der Waals surface area (Å²) >= 11 is 1.61. The van der Waals surface area contributed by atoms with Crippen molar-refractivity contribution in [1.29, 1.82) is 0 Å². The molecule has 0 radical (unpaired) electrons. The molecule has 1 rings (SSSR count). The van der Waals surface area contributed by atoms with Crippen molar-refractivity contribution in [2.75, 3.05) is 20.6 Å². The molecule has 2 nitrogen and oxygen atoms in total. The molecule has 0 saturated carbocycles. The molecule has 0 aromatic carbocycles. The van der Waals surface area contributed by atoms with Gasteiger partial charge in [-0.05, 0) is 32.0 Å². The van der Waals surface area contributed by atoms with Crippen LogP contribution in [0.15, 0.2) is 17.5 Å². The van der Waals surface area contributed by atoms with Crippen LogP contribution < -0.4 is 0 Å². The molecule has 3 heteroatoms. The highest BCUT2D eigenvalue weighted by atomic mass is 32.1. The van der Waals surface area contributed by atoms with Crippen LogP contribution in [0.5, 0.6) is 0 Å². The fourth-order valence-corrected chi connectivity index (χ4v) is 1.75. The van der Waals surface area contributed by atoms with E-state index in [4.69, 9.17) is 0 Å². The fraction of sp³-hybridized carbons (Fsp3) is 0.556. The molecule has 68 valence electrons. The number of aliphatic hydroxyl groups excluding tert-OH is 1. The molecular weight excluding hydrogens is 170 g/mol. The molecule has 1 aromatic heterocycles. The average molecular weight is 185 g/mol. The number of nitrogens with zero attached hydrogens (tertiary/aromatic N) is 1. The van der Waals surface area contributed by atoms with Crippen molar-refractivity contribution >= 4 is 11.3 Å². The summed E-state index contributed by atoms with van der Waals surface area (Å²) in [6, 6.07) is 3.95. The predicted octanol–water partition coefficient (Wildman–Crippen LogP) is 1.73. The molecule has 0 fully saturated rings. The van der Waals surface area contributed by atoms with Gasteiger partial charge >= 0.3 is 0 Å². The van der Waals surface area contributed by atoms with Crippen LogP contribution in [0.4, 0.5) is 0 Å². The molecule has 0 aliphatic carbocycles. The first-order valence-electron chi connectivity index (χ1n) is 4.06. The lowest BCUT2D eigenvalue weighted by atomic mass is 10.2. The number of hydrogen-bond acceptors (Lipinski definition) is 3. The highest BCUT2D eigenvalue weighted by Gasteiger charge is 2.07. The second kappa shape index (κ2) is 4.60. The van der Waals surface area contributed by atoms with E-state index >= 15 is 0 Å². The van der Waals surface area contributed by atoms with E-state index in [-0.39, 0.29) is 6.10 Å². The highest BCUT2D eigenvalue weighted by Crippen LogP contribution is 2.21. The van der Waals surface area contributed by atoms with E-state index in [1.807, 2.05) is 31.6 Å². The summed E-state index contributed by atoms with van der Waals surface area (Å²) in [5.74, 6) is 0. The maximum atomic E-state index is 9.64. The van der Waals surface area contributed by atoms with Crippen molar-refractivity contribution in [2.24, 2.45) is 0 Å². The van der Waals surface area contributed by atoms with Gasteiger partial charge in [0.05, 0.1) is 6.10 Å². The Kier molecular flexibility index (Phi) is 3.72. The van der Waals surface area contributed by atoms with Crippen LogP contribution in [0.2, 0.25) is 0 Å². The average Bonchev–Trinajstić information content (AvgIpc) is 2.51. The zero-order chi connectivity index (χ0) is 8.97. The number of rotatable bonds is 4. The van der Waals surface area contributed by atoms with Crippen LogP contribution in [0.1, 0.15) is 17.4 Å². The topological polar surface area (TPSA) is 23.5 Å². The lowest BCUT2D eigenvalue weighted by Gasteiger charge is -2.12. The van der Waals surface area contributed by atoms with Crippen LogP contribution in [0.25, 0.3) is 0 Å². The van der Waals surface area contributed by atoms with Gasteiger partial charge in [0.25, 0.3) is 0 Å². The van der Waals surface area contributed by atoms with Gasteiger partial charge < -0.3 is 10.0 Å². The van der Waals surface area contributed by atoms with Crippen LogP contribution in [-0.4, -0.2) is 30.6 Å². The second-order valence-corrected chi connectivity index (χ2v) is 4.10. The molecule has 1 atom stereocenters. The Morgan fingerprint density at radius 1 is 1.58 bits per heavy atom. The van der Waals surface area contributed by atoms with Gasteiger partial charge in [0, 0.05) is 11.4 Å². The van der Waals surface area contributed by atoms with Gasteiger partial charge in [-0.2, -0.15) is 0 Å². The Morgan fingerprint density at radius 2 is 2.33 bits per heavy atom. The lowest BCUT2D eigenvalue weighted by molar-refractivity contribution is 0.158. The summed E-state index contributed by atoms with van der Waals surface area (Å²) in [5.41, 5.74) is 0. The van der Waals surface area contributed by atoms with Crippen molar-refractivity contribution in [2.45, 2.75) is 12.5 Å². The van der Waals surface area contributed by atoms with E-state index in [9.17, 15) is 5.11 Å². The molecule has 1 heterocycles. The first-order valence-corrected chi connectivity index (χ1v) is 4.94. The molecule has 0 aliphatic rings. The first kappa shape index (κ1) is 9.71. The molecule has 0 bridgehead atoms. The number of hydrogen-bond donors (Lipinski definition) is 1. The summed E-state index contributed by atoms with van der Waals surface area (Å²) < 4.78 is 0. The van der Waals surface area contributed by atoms with Gasteiger partial charge in [-0.15, -0.1) is 11.3 Å². The summed E-state index contributed by atoms with van der Waals surface area (Å²) in [6.45, 7) is 0.930. The minimum atomic E-state index is -0.285. The Hall–Kier alpha value is -0.380. The van der Waals surface area contributed by atoms with Crippen molar-refractivity contribution in [1.82, 2.24) is 4.90 Å². The molecule has 0 unspecified atom stereocenters. The van der Waals surface area contributed by atoms with Gasteiger partial charge in [0.2, 0.25) is 0 Å². The van der Waals surface area contributed by atoms with Gasteiger partial charge in [0.1, 0.15) is 0 Å². The molecule has 12 heavy (non-hydrogen) atoms. The van der Waals surface area contributed by atoms with Crippen molar-refractivity contribution < 1.29 is 5.11 Å². The van der Waals surface area contributed by atoms with Crippen molar-refractivity contribution in [3.05, 3.63) is 22.4 Å². The minimum Gasteiger partial charge on any atom is -0.388 e. The van der Waals surface area contributed by atoms with Gasteiger partial charge in [-0.25, -0.2) is 0 Å². The van der Waals surface area contributed by atoms with E-state index in [2.05, 4.69) is 4.90 Å². The summed E-state index contributed by atoms with van der Waals surface area (Å²) in [6.07, 6.45) is 0.528. The lowest BCUT2D eigenvalue weighted by Crippen LogP contribution is -2.15. The Morgan fingerprint density at radius 3 is 2.83 bits per heavy atom. The van der Waals surface area contributed by atoms with Crippen LogP contribution in [0.3, 0.4) is 0 Å². The number of thiophene rings is 1. The monoisotopic (exact) mass is 185 g/mol. The Balaban J connectivity index is 2.34. The normalized spacial score (nSPS) is 13.7. The summed E-state index contributed by atoms with van der Waals surface area (Å²) in [7, 11) is 4.03. The second-order valence-electron chi connectivity index (χ2n) is 3.12. The third-order valence-corrected chi connectivity index (χ3v) is 2.69. The third kappa shape index (κ3) is 2.93. The van der Waals surface area contributed by atoms with E-state index in [1.165, 1.54) is 0 Å². The summed E-state index contributed by atoms with van der Waals surface area (Å²) in [5, 5.41) is 11.6. The maximum Gasteiger partial charge on any atom is 0.0894 e. The largest absolute Gasteiger partial charge is 0.388 e. The smallest absolute Gasteiger partial charge is 0.0894 e. The quantitative estimate of drug-likeness (QED) is 0.772. The fourth-order valence-electron chi connectivity index (χ4n) is 1.00. The molecule has 0 amide bonds. The third-order valence-electron chi connectivity index (χ3n) is 1.72. The molecular formula is C9H15NOS. The molecule has 1 N–H and O–H groups in total. The Bertz CT molecular complexity index is 208. The molecule has 0 saturated heterocycles. The van der Waals surface area contributed by atoms with E-state index in [1.54, 1.807) is 11.3 Å². The zero-order valence-electron chi connectivity index (χ0n) is 7.53. The van der Waals surface area contributed by atoms with Gasteiger partial charge in [-0.3, -0.25) is 0 Å². The molecule has 0 aliphatic heterocycles. The first-order chi connectivity index (χ1) is 5.70. The zero-order valence-corrected chi connectivity index (χ0v) is 8.34. The van der Waals surface area contributed by atoms with E-state index < -0.39 is 0 Å². The summed E-state index contributed by atoms with van der Waals surface area (Å²) in [4.78, 5) is 3.15. The highest BCUT2D eigenvalue weighted by molar-refractivity contribution is 7.10. The van der Waals surface area contributed by atoms with Gasteiger partial charge in [0.15, 0.2) is 0 Å². The van der Waals surface area contributed by atoms with Crippen LogP contribution >= 0.6 is 11.3 Å². The van der Waals surface area contributed by atoms with Crippen LogP contribution in [0, 0.1) is 0 Å². The molecule has 1 aromatic rings. The van der Waals surface area contributed by atoms with Crippen molar-refractivity contribution in [3.8, 4) is 0 Å². The van der Waals surface area contributed by atoms with E-state index in [0.29, 0.717) is 0 Å². The molecule has 0 spiro atoms. The van der Waals surface area contributed by atoms with Crippen LogP contribution in [-0.2, 0) is 0 Å². The Labute approximate surface area is 77.5 Å². The van der Waals surface area contributed by atoms with Crippen molar-refractivity contribution in [3.63, 3.8) is 0 Å². The maximum absolute atomic E-state index is 9.64. The minimum absolute atomic E-state index is 0.285. The standard InChI is InChI=1S/C9H15NOS/c1-10(2)6-5-8(11)9-4-3-7-12-9/h3-4,7-8,11H,5-6H2,1-2H3/t8-/m1/s1. The predicted molar refractivity (Wildman–Crippen MR) is 52.4 cm³/mol. The number of aliphatic hydroxyl groups is 1.